The van der Waals surface area contributed by atoms with Crippen molar-refractivity contribution in [3.05, 3.63) is 77.9 Å². The lowest BCUT2D eigenvalue weighted by Crippen LogP contribution is -2.11. The second-order valence-electron chi connectivity index (χ2n) is 6.02. The summed E-state index contributed by atoms with van der Waals surface area (Å²) in [5, 5.41) is 14.0. The van der Waals surface area contributed by atoms with E-state index >= 15 is 0 Å². The molecule has 28 heavy (non-hydrogen) atoms. The Bertz CT molecular complexity index is 1160. The predicted molar refractivity (Wildman–Crippen MR) is 98.4 cm³/mol. The molecule has 0 saturated carbocycles. The van der Waals surface area contributed by atoms with Gasteiger partial charge in [0.25, 0.3) is 0 Å². The van der Waals surface area contributed by atoms with Crippen LogP contribution in [-0.4, -0.2) is 8.42 Å². The van der Waals surface area contributed by atoms with E-state index in [9.17, 15) is 21.6 Å². The van der Waals surface area contributed by atoms with Crippen LogP contribution in [0.25, 0.3) is 22.3 Å². The molecule has 0 amide bonds. The summed E-state index contributed by atoms with van der Waals surface area (Å²) in [4.78, 5) is -0.136. The summed E-state index contributed by atoms with van der Waals surface area (Å²) < 4.78 is 62.5. The molecule has 3 aromatic carbocycles. The molecular weight excluding hydrogens is 389 g/mol. The van der Waals surface area contributed by atoms with Crippen LogP contribution >= 0.6 is 0 Å². The van der Waals surface area contributed by atoms with Gasteiger partial charge in [-0.15, -0.1) is 0 Å². The molecule has 0 unspecified atom stereocenters. The normalized spacial score (nSPS) is 11.8. The van der Waals surface area contributed by atoms with E-state index in [1.807, 2.05) is 6.07 Å². The van der Waals surface area contributed by atoms with Crippen molar-refractivity contribution in [1.29, 1.82) is 5.26 Å². The zero-order valence-electron chi connectivity index (χ0n) is 14.2. The number of nitriles is 1. The standard InChI is InChI=1S/C20H13F3N2O2S/c21-20(22,23)16-7-10-18(14-3-1-13(12-24)2-4-14)19(11-16)15-5-8-17(9-6-15)28(25,26)27/h1-11H,(H2,25,26,27). The van der Waals surface area contributed by atoms with Gasteiger partial charge in [0.15, 0.2) is 0 Å². The number of benzene rings is 3. The molecule has 8 heteroatoms. The van der Waals surface area contributed by atoms with Gasteiger partial charge in [0.05, 0.1) is 22.1 Å². The topological polar surface area (TPSA) is 83.9 Å². The molecule has 0 fully saturated rings. The molecule has 0 bridgehead atoms. The molecule has 0 aliphatic carbocycles. The largest absolute Gasteiger partial charge is 0.416 e. The van der Waals surface area contributed by atoms with Gasteiger partial charge in [-0.1, -0.05) is 30.3 Å². The Balaban J connectivity index is 2.19. The van der Waals surface area contributed by atoms with Crippen LogP contribution in [0.3, 0.4) is 0 Å². The van der Waals surface area contributed by atoms with Gasteiger partial charge >= 0.3 is 6.18 Å². The number of hydrogen-bond donors (Lipinski definition) is 1. The van der Waals surface area contributed by atoms with Crippen LogP contribution in [0.4, 0.5) is 13.2 Å². The Morgan fingerprint density at radius 2 is 1.36 bits per heavy atom. The summed E-state index contributed by atoms with van der Waals surface area (Å²) in [6.07, 6.45) is -4.53. The van der Waals surface area contributed by atoms with Crippen molar-refractivity contribution in [2.45, 2.75) is 11.1 Å². The number of nitrogens with zero attached hydrogens (tertiary/aromatic N) is 1. The summed E-state index contributed by atoms with van der Waals surface area (Å²) in [5.41, 5.74) is 1.42. The van der Waals surface area contributed by atoms with Gasteiger partial charge in [0.2, 0.25) is 10.0 Å². The Labute approximate surface area is 159 Å². The van der Waals surface area contributed by atoms with Gasteiger partial charge in [0.1, 0.15) is 0 Å². The molecule has 142 valence electrons. The fourth-order valence-electron chi connectivity index (χ4n) is 2.76. The molecule has 0 atom stereocenters. The Morgan fingerprint density at radius 1 is 0.821 bits per heavy atom. The molecule has 0 aliphatic rings. The van der Waals surface area contributed by atoms with Crippen molar-refractivity contribution < 1.29 is 21.6 Å². The van der Waals surface area contributed by atoms with E-state index < -0.39 is 21.8 Å². The molecule has 3 aromatic rings. The molecule has 0 spiro atoms. The lowest BCUT2D eigenvalue weighted by Gasteiger charge is -2.15. The molecule has 2 N–H and O–H groups in total. The molecule has 4 nitrogen and oxygen atoms in total. The van der Waals surface area contributed by atoms with Crippen molar-refractivity contribution in [2.75, 3.05) is 0 Å². The van der Waals surface area contributed by atoms with Crippen molar-refractivity contribution in [1.82, 2.24) is 0 Å². The first-order valence-corrected chi connectivity index (χ1v) is 9.49. The summed E-state index contributed by atoms with van der Waals surface area (Å²) in [7, 11) is -3.91. The average Bonchev–Trinajstić information content (AvgIpc) is 2.66. The van der Waals surface area contributed by atoms with E-state index in [4.69, 9.17) is 10.4 Å². The molecule has 0 radical (unpaired) electrons. The summed E-state index contributed by atoms with van der Waals surface area (Å²) in [6.45, 7) is 0. The Hall–Kier alpha value is -3.15. The van der Waals surface area contributed by atoms with Crippen LogP contribution in [0.1, 0.15) is 11.1 Å². The summed E-state index contributed by atoms with van der Waals surface area (Å²) >= 11 is 0. The third-order valence-corrected chi connectivity index (χ3v) is 5.09. The molecule has 0 aromatic heterocycles. The monoisotopic (exact) mass is 402 g/mol. The molecule has 0 saturated heterocycles. The van der Waals surface area contributed by atoms with E-state index in [0.717, 1.165) is 12.1 Å². The fraction of sp³-hybridized carbons (Fsp3) is 0.0500. The van der Waals surface area contributed by atoms with Gasteiger partial charge in [0, 0.05) is 0 Å². The second-order valence-corrected chi connectivity index (χ2v) is 7.58. The highest BCUT2D eigenvalue weighted by Crippen LogP contribution is 2.38. The zero-order chi connectivity index (χ0) is 20.5. The summed E-state index contributed by atoms with van der Waals surface area (Å²) in [6, 6.07) is 17.1. The van der Waals surface area contributed by atoms with Crippen LogP contribution in [0.5, 0.6) is 0 Å². The second kappa shape index (κ2) is 7.11. The van der Waals surface area contributed by atoms with Crippen molar-refractivity contribution in [3.63, 3.8) is 0 Å². The maximum absolute atomic E-state index is 13.2. The number of hydrogen-bond acceptors (Lipinski definition) is 3. The smallest absolute Gasteiger partial charge is 0.225 e. The first-order chi connectivity index (χ1) is 13.1. The maximum atomic E-state index is 13.2. The first kappa shape index (κ1) is 19.6. The van der Waals surface area contributed by atoms with E-state index in [2.05, 4.69) is 0 Å². The SMILES string of the molecule is N#Cc1ccc(-c2ccc(C(F)(F)F)cc2-c2ccc(S(N)(=O)=O)cc2)cc1. The minimum Gasteiger partial charge on any atom is -0.225 e. The van der Waals surface area contributed by atoms with Crippen molar-refractivity contribution >= 4 is 10.0 Å². The van der Waals surface area contributed by atoms with Gasteiger partial charge in [-0.05, 0) is 58.7 Å². The Kier molecular flexibility index (Phi) is 4.98. The number of rotatable bonds is 3. The lowest BCUT2D eigenvalue weighted by atomic mass is 9.92. The average molecular weight is 402 g/mol. The van der Waals surface area contributed by atoms with Crippen LogP contribution in [0.15, 0.2) is 71.6 Å². The molecule has 0 aliphatic heterocycles. The highest BCUT2D eigenvalue weighted by atomic mass is 32.2. The zero-order valence-corrected chi connectivity index (χ0v) is 15.1. The first-order valence-electron chi connectivity index (χ1n) is 7.94. The predicted octanol–water partition coefficient (Wildman–Crippen LogP) is 4.56. The van der Waals surface area contributed by atoms with Crippen LogP contribution < -0.4 is 5.14 Å². The Morgan fingerprint density at radius 3 is 1.86 bits per heavy atom. The third-order valence-electron chi connectivity index (χ3n) is 4.17. The minimum atomic E-state index is -4.53. The van der Waals surface area contributed by atoms with Gasteiger partial charge in [-0.2, -0.15) is 18.4 Å². The van der Waals surface area contributed by atoms with Gasteiger partial charge in [-0.3, -0.25) is 0 Å². The molecule has 3 rings (SSSR count). The van der Waals surface area contributed by atoms with Crippen molar-refractivity contribution in [3.8, 4) is 28.3 Å². The fourth-order valence-corrected chi connectivity index (χ4v) is 3.28. The minimum absolute atomic E-state index is 0.136. The van der Waals surface area contributed by atoms with E-state index in [-0.39, 0.29) is 10.5 Å². The van der Waals surface area contributed by atoms with E-state index in [1.54, 1.807) is 24.3 Å². The molecule has 0 heterocycles. The number of sulfonamides is 1. The van der Waals surface area contributed by atoms with Crippen LogP contribution in [0, 0.1) is 11.3 Å². The van der Waals surface area contributed by atoms with Gasteiger partial charge < -0.3 is 0 Å². The third kappa shape index (κ3) is 4.06. The number of halogens is 3. The van der Waals surface area contributed by atoms with Crippen molar-refractivity contribution in [2.24, 2.45) is 5.14 Å². The van der Waals surface area contributed by atoms with Gasteiger partial charge in [-0.25, -0.2) is 13.6 Å². The lowest BCUT2D eigenvalue weighted by molar-refractivity contribution is -0.137. The number of alkyl halides is 3. The quantitative estimate of drug-likeness (QED) is 0.697. The highest BCUT2D eigenvalue weighted by molar-refractivity contribution is 7.89. The maximum Gasteiger partial charge on any atom is 0.416 e. The van der Waals surface area contributed by atoms with E-state index in [1.165, 1.54) is 30.3 Å². The number of primary sulfonamides is 1. The van der Waals surface area contributed by atoms with Crippen LogP contribution in [-0.2, 0) is 16.2 Å². The molecular formula is C20H13F3N2O2S. The van der Waals surface area contributed by atoms with Crippen LogP contribution in [0.2, 0.25) is 0 Å². The number of nitrogens with two attached hydrogens (primary N) is 1. The highest BCUT2D eigenvalue weighted by Gasteiger charge is 2.31. The summed E-state index contributed by atoms with van der Waals surface area (Å²) in [5.74, 6) is 0. The van der Waals surface area contributed by atoms with E-state index in [0.29, 0.717) is 22.3 Å².